The summed E-state index contributed by atoms with van der Waals surface area (Å²) in [5, 5.41) is 2.91. The summed E-state index contributed by atoms with van der Waals surface area (Å²) in [7, 11) is 0. The van der Waals surface area contributed by atoms with Crippen LogP contribution in [0.4, 0.5) is 5.95 Å². The maximum Gasteiger partial charge on any atom is 0.259 e. The normalized spacial score (nSPS) is 10.2. The van der Waals surface area contributed by atoms with Crippen molar-refractivity contribution in [2.75, 3.05) is 5.32 Å². The molecule has 0 atom stereocenters. The molecule has 0 aliphatic rings. The van der Waals surface area contributed by atoms with Crippen LogP contribution in [0.5, 0.6) is 0 Å². The summed E-state index contributed by atoms with van der Waals surface area (Å²) in [6.45, 7) is 1.95. The molecule has 0 fully saturated rings. The van der Waals surface area contributed by atoms with Crippen LogP contribution in [0, 0.1) is 10.5 Å². The smallest absolute Gasteiger partial charge is 0.259 e. The zero-order valence-electron chi connectivity index (χ0n) is 9.45. The number of carbonyl (C=O) groups excluding carboxylic acids is 1. The Kier molecular flexibility index (Phi) is 4.13. The number of anilines is 1. The molecule has 92 valence electrons. The van der Waals surface area contributed by atoms with Crippen LogP contribution in [0.25, 0.3) is 0 Å². The van der Waals surface area contributed by atoms with Gasteiger partial charge in [-0.2, -0.15) is 0 Å². The van der Waals surface area contributed by atoms with Crippen molar-refractivity contribution in [2.24, 2.45) is 0 Å². The number of aryl methyl sites for hydroxylation is 1. The van der Waals surface area contributed by atoms with Crippen molar-refractivity contribution in [1.82, 2.24) is 9.97 Å². The quantitative estimate of drug-likeness (QED) is 0.649. The minimum Gasteiger partial charge on any atom is -0.290 e. The number of rotatable bonds is 2. The Balaban J connectivity index is 2.25. The van der Waals surface area contributed by atoms with Crippen LogP contribution in [0.1, 0.15) is 15.9 Å². The molecule has 4 nitrogen and oxygen atoms in total. The van der Waals surface area contributed by atoms with E-state index in [1.54, 1.807) is 12.1 Å². The van der Waals surface area contributed by atoms with E-state index in [1.165, 1.54) is 6.20 Å². The van der Waals surface area contributed by atoms with Gasteiger partial charge in [0.25, 0.3) is 5.91 Å². The van der Waals surface area contributed by atoms with E-state index in [0.29, 0.717) is 10.7 Å². The molecule has 0 aliphatic heterocycles. The molecule has 0 bridgehead atoms. The van der Waals surface area contributed by atoms with Crippen molar-refractivity contribution >= 4 is 46.0 Å². The fourth-order valence-corrected chi connectivity index (χ4v) is 2.13. The lowest BCUT2D eigenvalue weighted by Gasteiger charge is -2.07. The van der Waals surface area contributed by atoms with Crippen LogP contribution in [0.2, 0.25) is 5.15 Å². The van der Waals surface area contributed by atoms with Gasteiger partial charge in [0.15, 0.2) is 0 Å². The Bertz CT molecular complexity index is 604. The number of hydrogen-bond acceptors (Lipinski definition) is 3. The van der Waals surface area contributed by atoms with Gasteiger partial charge in [-0.25, -0.2) is 9.97 Å². The minimum absolute atomic E-state index is 0.199. The van der Waals surface area contributed by atoms with E-state index in [0.717, 1.165) is 9.13 Å². The van der Waals surface area contributed by atoms with Gasteiger partial charge in [-0.15, -0.1) is 0 Å². The highest BCUT2D eigenvalue weighted by atomic mass is 127. The highest BCUT2D eigenvalue weighted by Crippen LogP contribution is 2.17. The highest BCUT2D eigenvalue weighted by Gasteiger charge is 2.12. The van der Waals surface area contributed by atoms with Crippen LogP contribution in [0.3, 0.4) is 0 Å². The van der Waals surface area contributed by atoms with E-state index in [4.69, 9.17) is 11.6 Å². The predicted octanol–water partition coefficient (Wildman–Crippen LogP) is 3.30. The van der Waals surface area contributed by atoms with E-state index in [-0.39, 0.29) is 11.9 Å². The van der Waals surface area contributed by atoms with Crippen LogP contribution in [-0.4, -0.2) is 15.9 Å². The van der Waals surface area contributed by atoms with E-state index >= 15 is 0 Å². The number of amides is 1. The molecule has 6 heteroatoms. The second kappa shape index (κ2) is 5.62. The first-order valence-electron chi connectivity index (χ1n) is 5.13. The van der Waals surface area contributed by atoms with Gasteiger partial charge < -0.3 is 0 Å². The first-order valence-corrected chi connectivity index (χ1v) is 6.58. The molecule has 0 aliphatic carbocycles. The van der Waals surface area contributed by atoms with Gasteiger partial charge >= 0.3 is 0 Å². The number of hydrogen-bond donors (Lipinski definition) is 1. The third-order valence-corrected chi connectivity index (χ3v) is 3.93. The largest absolute Gasteiger partial charge is 0.290 e. The number of aromatic nitrogens is 2. The third-order valence-electron chi connectivity index (χ3n) is 2.28. The molecule has 1 aromatic heterocycles. The summed E-state index contributed by atoms with van der Waals surface area (Å²) in [6.07, 6.45) is 1.49. The van der Waals surface area contributed by atoms with Gasteiger partial charge in [-0.1, -0.05) is 23.7 Å². The Morgan fingerprint density at radius 2 is 2.17 bits per heavy atom. The summed E-state index contributed by atoms with van der Waals surface area (Å²) >= 11 is 7.87. The first-order chi connectivity index (χ1) is 8.58. The van der Waals surface area contributed by atoms with Crippen molar-refractivity contribution in [1.29, 1.82) is 0 Å². The molecule has 0 saturated carbocycles. The second-order valence-electron chi connectivity index (χ2n) is 3.59. The molecule has 1 heterocycles. The molecule has 0 radical (unpaired) electrons. The molecule has 0 unspecified atom stereocenters. The van der Waals surface area contributed by atoms with Crippen LogP contribution in [-0.2, 0) is 0 Å². The molecule has 1 N–H and O–H groups in total. The highest BCUT2D eigenvalue weighted by molar-refractivity contribution is 14.1. The summed E-state index contributed by atoms with van der Waals surface area (Å²) in [4.78, 5) is 19.9. The van der Waals surface area contributed by atoms with Gasteiger partial charge in [0.2, 0.25) is 5.95 Å². The predicted molar refractivity (Wildman–Crippen MR) is 78.9 cm³/mol. The van der Waals surface area contributed by atoms with Gasteiger partial charge in [0.1, 0.15) is 5.15 Å². The molecule has 0 spiro atoms. The van der Waals surface area contributed by atoms with Gasteiger partial charge in [0.05, 0.1) is 5.56 Å². The number of nitrogens with zero attached hydrogens (tertiary/aromatic N) is 2. The summed E-state index contributed by atoms with van der Waals surface area (Å²) in [5.74, 6) is -0.0461. The standard InChI is InChI=1S/C12H9ClIN3O/c1-7-3-2-4-8(10(7)14)11(18)17-12-15-6-5-9(13)16-12/h2-6H,1H3,(H,15,16,17,18). The lowest BCUT2D eigenvalue weighted by Crippen LogP contribution is -2.15. The third kappa shape index (κ3) is 2.97. The topological polar surface area (TPSA) is 54.9 Å². The van der Waals surface area contributed by atoms with E-state index < -0.39 is 0 Å². The van der Waals surface area contributed by atoms with Gasteiger partial charge in [-0.05, 0) is 47.2 Å². The summed E-state index contributed by atoms with van der Waals surface area (Å²) in [5.41, 5.74) is 1.65. The van der Waals surface area contributed by atoms with E-state index in [1.807, 2.05) is 19.1 Å². The first kappa shape index (κ1) is 13.2. The zero-order chi connectivity index (χ0) is 13.1. The van der Waals surface area contributed by atoms with E-state index in [2.05, 4.69) is 37.9 Å². The minimum atomic E-state index is -0.245. The molecule has 2 aromatic rings. The zero-order valence-corrected chi connectivity index (χ0v) is 12.4. The number of benzene rings is 1. The van der Waals surface area contributed by atoms with Crippen molar-refractivity contribution in [3.05, 3.63) is 50.3 Å². The molecule has 2 rings (SSSR count). The average Bonchev–Trinajstić information content (AvgIpc) is 2.32. The Morgan fingerprint density at radius 1 is 1.39 bits per heavy atom. The van der Waals surface area contributed by atoms with Crippen molar-refractivity contribution in [3.63, 3.8) is 0 Å². The van der Waals surface area contributed by atoms with Crippen molar-refractivity contribution in [3.8, 4) is 0 Å². The lowest BCUT2D eigenvalue weighted by atomic mass is 10.1. The summed E-state index contributed by atoms with van der Waals surface area (Å²) in [6, 6.07) is 7.10. The molecule has 0 saturated heterocycles. The molecule has 1 amide bonds. The van der Waals surface area contributed by atoms with E-state index in [9.17, 15) is 4.79 Å². The Hall–Kier alpha value is -1.21. The van der Waals surface area contributed by atoms with Gasteiger partial charge in [-0.3, -0.25) is 10.1 Å². The monoisotopic (exact) mass is 373 g/mol. The maximum absolute atomic E-state index is 12.1. The number of nitrogens with one attached hydrogen (secondary N) is 1. The number of halogens is 2. The van der Waals surface area contributed by atoms with Crippen molar-refractivity contribution < 1.29 is 4.79 Å². The molecular weight excluding hydrogens is 365 g/mol. The maximum atomic E-state index is 12.1. The Labute approximate surface area is 123 Å². The lowest BCUT2D eigenvalue weighted by molar-refractivity contribution is 0.102. The van der Waals surface area contributed by atoms with Gasteiger partial charge in [0, 0.05) is 9.77 Å². The van der Waals surface area contributed by atoms with Crippen molar-refractivity contribution in [2.45, 2.75) is 6.92 Å². The van der Waals surface area contributed by atoms with Crippen LogP contribution < -0.4 is 5.32 Å². The summed E-state index contributed by atoms with van der Waals surface area (Å²) < 4.78 is 0.912. The molecule has 18 heavy (non-hydrogen) atoms. The van der Waals surface area contributed by atoms with Crippen LogP contribution >= 0.6 is 34.2 Å². The van der Waals surface area contributed by atoms with Crippen LogP contribution in [0.15, 0.2) is 30.5 Å². The second-order valence-corrected chi connectivity index (χ2v) is 5.06. The number of carbonyl (C=O) groups is 1. The molecular formula is C12H9ClIN3O. The average molecular weight is 374 g/mol. The fraction of sp³-hybridized carbons (Fsp3) is 0.0833. The SMILES string of the molecule is Cc1cccc(C(=O)Nc2nccc(Cl)n2)c1I. The fourth-order valence-electron chi connectivity index (χ4n) is 1.39. The Morgan fingerprint density at radius 3 is 2.89 bits per heavy atom. The molecule has 1 aromatic carbocycles.